The van der Waals surface area contributed by atoms with E-state index in [-0.39, 0.29) is 5.91 Å². The summed E-state index contributed by atoms with van der Waals surface area (Å²) in [4.78, 5) is 15.6. The maximum atomic E-state index is 11.6. The van der Waals surface area contributed by atoms with E-state index >= 15 is 0 Å². The third-order valence-corrected chi connectivity index (χ3v) is 2.59. The Morgan fingerprint density at radius 2 is 2.50 bits per heavy atom. The minimum atomic E-state index is -0.180. The van der Waals surface area contributed by atoms with Gasteiger partial charge in [-0.2, -0.15) is 5.10 Å². The van der Waals surface area contributed by atoms with E-state index in [0.717, 1.165) is 5.82 Å². The summed E-state index contributed by atoms with van der Waals surface area (Å²) < 4.78 is 5.40. The molecule has 0 saturated heterocycles. The molecule has 2 N–H and O–H groups in total. The summed E-state index contributed by atoms with van der Waals surface area (Å²) in [5, 5.41) is 9.18. The van der Waals surface area contributed by atoms with Crippen LogP contribution in [0.3, 0.4) is 0 Å². The van der Waals surface area contributed by atoms with E-state index in [1.807, 2.05) is 0 Å². The number of carbonyl (C=O) groups excluding carboxylic acids is 1. The Kier molecular flexibility index (Phi) is 3.35. The second kappa shape index (κ2) is 4.93. The van der Waals surface area contributed by atoms with Crippen LogP contribution >= 0.6 is 15.9 Å². The van der Waals surface area contributed by atoms with E-state index in [0.29, 0.717) is 23.2 Å². The lowest BCUT2D eigenvalue weighted by atomic mass is 10.3. The number of rotatable bonds is 4. The SMILES string of the molecule is O=C(NCCc1ncn[nH]1)c1ccoc1Br. The predicted molar refractivity (Wildman–Crippen MR) is 58.8 cm³/mol. The minimum absolute atomic E-state index is 0.180. The van der Waals surface area contributed by atoms with Gasteiger partial charge in [0, 0.05) is 13.0 Å². The summed E-state index contributed by atoms with van der Waals surface area (Å²) in [6.45, 7) is 0.492. The molecule has 16 heavy (non-hydrogen) atoms. The minimum Gasteiger partial charge on any atom is -0.457 e. The van der Waals surface area contributed by atoms with Gasteiger partial charge < -0.3 is 9.73 Å². The Balaban J connectivity index is 1.83. The smallest absolute Gasteiger partial charge is 0.255 e. The zero-order chi connectivity index (χ0) is 11.4. The first-order valence-corrected chi connectivity index (χ1v) is 5.42. The zero-order valence-electron chi connectivity index (χ0n) is 8.24. The standard InChI is InChI=1S/C9H9BrN4O2/c10-8-6(2-4-16-8)9(15)11-3-1-7-12-5-13-14-7/h2,4-5H,1,3H2,(H,11,15)(H,12,13,14). The Morgan fingerprint density at radius 3 is 3.12 bits per heavy atom. The highest BCUT2D eigenvalue weighted by atomic mass is 79.9. The highest BCUT2D eigenvalue weighted by Crippen LogP contribution is 2.16. The number of hydrogen-bond acceptors (Lipinski definition) is 4. The van der Waals surface area contributed by atoms with Gasteiger partial charge in [-0.3, -0.25) is 9.89 Å². The van der Waals surface area contributed by atoms with Crippen LogP contribution in [0, 0.1) is 0 Å². The molecule has 7 heteroatoms. The number of aromatic amines is 1. The van der Waals surface area contributed by atoms with Crippen molar-refractivity contribution in [3.63, 3.8) is 0 Å². The number of hydrogen-bond donors (Lipinski definition) is 2. The molecule has 6 nitrogen and oxygen atoms in total. The van der Waals surface area contributed by atoms with Crippen LogP contribution in [0.2, 0.25) is 0 Å². The van der Waals surface area contributed by atoms with Crippen LogP contribution in [0.1, 0.15) is 16.2 Å². The van der Waals surface area contributed by atoms with Crippen molar-refractivity contribution in [1.82, 2.24) is 20.5 Å². The van der Waals surface area contributed by atoms with Gasteiger partial charge >= 0.3 is 0 Å². The summed E-state index contributed by atoms with van der Waals surface area (Å²) in [6.07, 6.45) is 3.50. The molecule has 0 radical (unpaired) electrons. The molecule has 2 rings (SSSR count). The first-order chi connectivity index (χ1) is 7.77. The number of amides is 1. The van der Waals surface area contributed by atoms with Gasteiger partial charge in [-0.25, -0.2) is 4.98 Å². The van der Waals surface area contributed by atoms with Crippen LogP contribution in [-0.4, -0.2) is 27.6 Å². The predicted octanol–water partition coefficient (Wildman–Crippen LogP) is 1.13. The molecule has 0 saturated carbocycles. The van der Waals surface area contributed by atoms with E-state index in [9.17, 15) is 4.79 Å². The van der Waals surface area contributed by atoms with Gasteiger partial charge in [0.2, 0.25) is 0 Å². The van der Waals surface area contributed by atoms with Gasteiger partial charge in [-0.15, -0.1) is 0 Å². The van der Waals surface area contributed by atoms with Crippen LogP contribution < -0.4 is 5.32 Å². The molecule has 0 aromatic carbocycles. The summed E-state index contributed by atoms with van der Waals surface area (Å²) in [7, 11) is 0. The summed E-state index contributed by atoms with van der Waals surface area (Å²) in [5.41, 5.74) is 0.484. The molecule has 0 spiro atoms. The molecular formula is C9H9BrN4O2. The van der Waals surface area contributed by atoms with E-state index in [1.165, 1.54) is 12.6 Å². The fourth-order valence-corrected chi connectivity index (χ4v) is 1.62. The average Bonchev–Trinajstić information content (AvgIpc) is 2.88. The molecule has 0 unspecified atom stereocenters. The normalized spacial score (nSPS) is 10.3. The van der Waals surface area contributed by atoms with Crippen LogP contribution in [0.4, 0.5) is 0 Å². The number of nitrogens with zero attached hydrogens (tertiary/aromatic N) is 2. The molecule has 2 aromatic heterocycles. The van der Waals surface area contributed by atoms with E-state index < -0.39 is 0 Å². The second-order valence-electron chi connectivity index (χ2n) is 3.05. The van der Waals surface area contributed by atoms with Crippen molar-refractivity contribution >= 4 is 21.8 Å². The maximum Gasteiger partial charge on any atom is 0.255 e. The Morgan fingerprint density at radius 1 is 1.62 bits per heavy atom. The average molecular weight is 285 g/mol. The Labute approximate surface area is 99.6 Å². The highest BCUT2D eigenvalue weighted by molar-refractivity contribution is 9.10. The topological polar surface area (TPSA) is 83.8 Å². The van der Waals surface area contributed by atoms with E-state index in [2.05, 4.69) is 36.4 Å². The third-order valence-electron chi connectivity index (χ3n) is 1.97. The monoisotopic (exact) mass is 284 g/mol. The molecule has 0 bridgehead atoms. The molecule has 0 aliphatic carbocycles. The van der Waals surface area contributed by atoms with E-state index in [1.54, 1.807) is 6.07 Å². The molecule has 1 amide bonds. The molecule has 84 valence electrons. The summed E-state index contributed by atoms with van der Waals surface area (Å²) in [6, 6.07) is 1.61. The molecule has 0 atom stereocenters. The van der Waals surface area contributed by atoms with Gasteiger partial charge in [-0.05, 0) is 22.0 Å². The molecule has 0 aliphatic heterocycles. The van der Waals surface area contributed by atoms with Crippen molar-refractivity contribution < 1.29 is 9.21 Å². The number of nitrogens with one attached hydrogen (secondary N) is 2. The highest BCUT2D eigenvalue weighted by Gasteiger charge is 2.11. The van der Waals surface area contributed by atoms with Crippen molar-refractivity contribution in [3.05, 3.63) is 34.7 Å². The van der Waals surface area contributed by atoms with Gasteiger partial charge in [0.05, 0.1) is 11.8 Å². The zero-order valence-corrected chi connectivity index (χ0v) is 9.82. The van der Waals surface area contributed by atoms with Crippen molar-refractivity contribution in [3.8, 4) is 0 Å². The number of halogens is 1. The lowest BCUT2D eigenvalue weighted by Crippen LogP contribution is -2.25. The largest absolute Gasteiger partial charge is 0.457 e. The summed E-state index contributed by atoms with van der Waals surface area (Å²) >= 11 is 3.14. The van der Waals surface area contributed by atoms with Crippen LogP contribution in [0.25, 0.3) is 0 Å². The summed E-state index contributed by atoms with van der Waals surface area (Å²) in [5.74, 6) is 0.562. The lowest BCUT2D eigenvalue weighted by molar-refractivity contribution is 0.0952. The van der Waals surface area contributed by atoms with Gasteiger partial charge in [-0.1, -0.05) is 0 Å². The first kappa shape index (κ1) is 10.9. The van der Waals surface area contributed by atoms with Crippen molar-refractivity contribution in [2.45, 2.75) is 6.42 Å². The Hall–Kier alpha value is -1.63. The fraction of sp³-hybridized carbons (Fsp3) is 0.222. The van der Waals surface area contributed by atoms with Crippen molar-refractivity contribution in [1.29, 1.82) is 0 Å². The second-order valence-corrected chi connectivity index (χ2v) is 3.77. The number of aromatic nitrogens is 3. The van der Waals surface area contributed by atoms with Crippen LogP contribution in [-0.2, 0) is 6.42 Å². The number of H-pyrrole nitrogens is 1. The molecule has 2 heterocycles. The van der Waals surface area contributed by atoms with Crippen LogP contribution in [0.15, 0.2) is 27.7 Å². The van der Waals surface area contributed by atoms with Gasteiger partial charge in [0.25, 0.3) is 5.91 Å². The fourth-order valence-electron chi connectivity index (χ4n) is 1.20. The molecule has 0 aliphatic rings. The quantitative estimate of drug-likeness (QED) is 0.882. The van der Waals surface area contributed by atoms with Gasteiger partial charge in [0.1, 0.15) is 12.2 Å². The van der Waals surface area contributed by atoms with Crippen LogP contribution in [0.5, 0.6) is 0 Å². The number of carbonyl (C=O) groups is 1. The Bertz CT molecular complexity index is 466. The van der Waals surface area contributed by atoms with Crippen molar-refractivity contribution in [2.24, 2.45) is 0 Å². The van der Waals surface area contributed by atoms with Gasteiger partial charge in [0.15, 0.2) is 4.67 Å². The van der Waals surface area contributed by atoms with Crippen molar-refractivity contribution in [2.75, 3.05) is 6.54 Å². The number of furan rings is 1. The maximum absolute atomic E-state index is 11.6. The molecule has 0 fully saturated rings. The molecular weight excluding hydrogens is 276 g/mol. The first-order valence-electron chi connectivity index (χ1n) is 4.63. The lowest BCUT2D eigenvalue weighted by Gasteiger charge is -2.01. The molecule has 2 aromatic rings. The third kappa shape index (κ3) is 2.48. The van der Waals surface area contributed by atoms with E-state index in [4.69, 9.17) is 4.42 Å².